The molecular weight excluding hydrogens is 236 g/mol. The molecule has 0 aliphatic carbocycles. The number of benzene rings is 1. The lowest BCUT2D eigenvalue weighted by Gasteiger charge is -2.10. The van der Waals surface area contributed by atoms with Crippen LogP contribution in [0.3, 0.4) is 0 Å². The maximum atomic E-state index is 5.13. The topological polar surface area (TPSA) is 47.1 Å². The Kier molecular flexibility index (Phi) is 4.04. The van der Waals surface area contributed by atoms with E-state index in [1.807, 2.05) is 6.07 Å². The highest BCUT2D eigenvalue weighted by Crippen LogP contribution is 2.21. The van der Waals surface area contributed by atoms with Crippen LogP contribution in [0.2, 0.25) is 0 Å². The third-order valence-electron chi connectivity index (χ3n) is 2.50. The molecule has 1 aromatic carbocycles. The van der Waals surface area contributed by atoms with Gasteiger partial charge in [0.1, 0.15) is 0 Å². The predicted octanol–water partition coefficient (Wildman–Crippen LogP) is 2.58. The Balaban J connectivity index is 2.09. The number of methoxy groups -OCH3 is 2. The number of aryl methyl sites for hydroxylation is 1. The maximum absolute atomic E-state index is 5.13. The molecule has 92 valence electrons. The van der Waals surface area contributed by atoms with Gasteiger partial charge in [0.05, 0.1) is 16.8 Å². The Morgan fingerprint density at radius 2 is 2.12 bits per heavy atom. The third kappa shape index (κ3) is 3.00. The standard InChI is InChI=1S/C12H16N2O2S/c1-8-4-5-9-10(6-8)14-12(13-9)17-7-11(15-2)16-3/h4-6,11H,7H2,1-3H3,(H,13,14). The number of rotatable bonds is 5. The summed E-state index contributed by atoms with van der Waals surface area (Å²) in [6, 6.07) is 6.18. The highest BCUT2D eigenvalue weighted by molar-refractivity contribution is 7.99. The number of fused-ring (bicyclic) bond motifs is 1. The summed E-state index contributed by atoms with van der Waals surface area (Å²) in [4.78, 5) is 7.77. The molecule has 0 radical (unpaired) electrons. The van der Waals surface area contributed by atoms with Crippen LogP contribution < -0.4 is 0 Å². The number of hydrogen-bond donors (Lipinski definition) is 1. The third-order valence-corrected chi connectivity index (χ3v) is 3.40. The van der Waals surface area contributed by atoms with E-state index in [9.17, 15) is 0 Å². The first-order valence-corrected chi connectivity index (χ1v) is 6.36. The minimum atomic E-state index is -0.199. The van der Waals surface area contributed by atoms with Gasteiger partial charge in [-0.1, -0.05) is 17.8 Å². The van der Waals surface area contributed by atoms with Crippen LogP contribution in [0.4, 0.5) is 0 Å². The second-order valence-corrected chi connectivity index (χ2v) is 4.78. The number of ether oxygens (including phenoxy) is 2. The summed E-state index contributed by atoms with van der Waals surface area (Å²) in [5.74, 6) is 0.714. The van der Waals surface area contributed by atoms with Crippen LogP contribution in [0.1, 0.15) is 5.56 Å². The molecular formula is C12H16N2O2S. The van der Waals surface area contributed by atoms with E-state index in [0.29, 0.717) is 5.75 Å². The fourth-order valence-corrected chi connectivity index (χ4v) is 2.46. The van der Waals surface area contributed by atoms with Gasteiger partial charge in [-0.15, -0.1) is 0 Å². The lowest BCUT2D eigenvalue weighted by Crippen LogP contribution is -2.15. The molecule has 0 atom stereocenters. The van der Waals surface area contributed by atoms with Gasteiger partial charge < -0.3 is 14.5 Å². The number of nitrogens with zero attached hydrogens (tertiary/aromatic N) is 1. The van der Waals surface area contributed by atoms with E-state index in [4.69, 9.17) is 9.47 Å². The number of nitrogens with one attached hydrogen (secondary N) is 1. The first-order chi connectivity index (χ1) is 8.22. The molecule has 0 amide bonds. The molecule has 1 N–H and O–H groups in total. The normalized spacial score (nSPS) is 11.5. The van der Waals surface area contributed by atoms with Gasteiger partial charge in [-0.3, -0.25) is 0 Å². The molecule has 5 heteroatoms. The Hall–Kier alpha value is -1.04. The van der Waals surface area contributed by atoms with Crippen molar-refractivity contribution in [3.63, 3.8) is 0 Å². The fraction of sp³-hybridized carbons (Fsp3) is 0.417. The largest absolute Gasteiger partial charge is 0.355 e. The lowest BCUT2D eigenvalue weighted by atomic mass is 10.2. The molecule has 4 nitrogen and oxygen atoms in total. The fourth-order valence-electron chi connectivity index (χ4n) is 1.55. The Bertz CT molecular complexity index is 494. The van der Waals surface area contributed by atoms with Crippen molar-refractivity contribution >= 4 is 22.8 Å². The number of hydrogen-bond acceptors (Lipinski definition) is 4. The molecule has 0 saturated heterocycles. The summed E-state index contributed by atoms with van der Waals surface area (Å²) >= 11 is 1.59. The SMILES string of the molecule is COC(CSc1nc2ccc(C)cc2[nH]1)OC. The van der Waals surface area contributed by atoms with E-state index in [0.717, 1.165) is 16.2 Å². The molecule has 1 aromatic heterocycles. The number of H-pyrrole nitrogens is 1. The Morgan fingerprint density at radius 1 is 1.35 bits per heavy atom. The van der Waals surface area contributed by atoms with Crippen molar-refractivity contribution < 1.29 is 9.47 Å². The molecule has 0 unspecified atom stereocenters. The van der Waals surface area contributed by atoms with E-state index in [-0.39, 0.29) is 6.29 Å². The summed E-state index contributed by atoms with van der Waals surface area (Å²) in [5.41, 5.74) is 3.28. The van der Waals surface area contributed by atoms with Crippen molar-refractivity contribution in [2.24, 2.45) is 0 Å². The molecule has 0 fully saturated rings. The van der Waals surface area contributed by atoms with Crippen LogP contribution in [0, 0.1) is 6.92 Å². The highest BCUT2D eigenvalue weighted by atomic mass is 32.2. The van der Waals surface area contributed by atoms with Crippen molar-refractivity contribution in [2.75, 3.05) is 20.0 Å². The van der Waals surface area contributed by atoms with Crippen LogP contribution in [-0.2, 0) is 9.47 Å². The molecule has 17 heavy (non-hydrogen) atoms. The molecule has 0 saturated carbocycles. The van der Waals surface area contributed by atoms with Crippen molar-refractivity contribution in [1.82, 2.24) is 9.97 Å². The molecule has 0 bridgehead atoms. The molecule has 0 spiro atoms. The van der Waals surface area contributed by atoms with Gasteiger partial charge in [-0.25, -0.2) is 4.98 Å². The van der Waals surface area contributed by atoms with Crippen molar-refractivity contribution in [2.45, 2.75) is 18.4 Å². The number of aromatic amines is 1. The zero-order chi connectivity index (χ0) is 12.3. The number of thioether (sulfide) groups is 1. The van der Waals surface area contributed by atoms with Crippen LogP contribution >= 0.6 is 11.8 Å². The van der Waals surface area contributed by atoms with E-state index in [1.165, 1.54) is 5.56 Å². The van der Waals surface area contributed by atoms with Crippen LogP contribution in [0.25, 0.3) is 11.0 Å². The molecule has 0 aliphatic heterocycles. The van der Waals surface area contributed by atoms with Crippen LogP contribution in [0.15, 0.2) is 23.4 Å². The minimum absolute atomic E-state index is 0.199. The monoisotopic (exact) mass is 252 g/mol. The first-order valence-electron chi connectivity index (χ1n) is 5.37. The van der Waals surface area contributed by atoms with Crippen molar-refractivity contribution in [1.29, 1.82) is 0 Å². The Morgan fingerprint density at radius 3 is 2.82 bits per heavy atom. The van der Waals surface area contributed by atoms with Crippen molar-refractivity contribution in [3.05, 3.63) is 23.8 Å². The maximum Gasteiger partial charge on any atom is 0.166 e. The van der Waals surface area contributed by atoms with Gasteiger partial charge in [0, 0.05) is 14.2 Å². The second kappa shape index (κ2) is 5.53. The lowest BCUT2D eigenvalue weighted by molar-refractivity contribution is -0.0842. The van der Waals surface area contributed by atoms with E-state index in [1.54, 1.807) is 26.0 Å². The summed E-state index contributed by atoms with van der Waals surface area (Å²) < 4.78 is 10.3. The van der Waals surface area contributed by atoms with Crippen LogP contribution in [-0.4, -0.2) is 36.2 Å². The molecule has 2 rings (SSSR count). The first kappa shape index (κ1) is 12.4. The smallest absolute Gasteiger partial charge is 0.166 e. The summed E-state index contributed by atoms with van der Waals surface area (Å²) in [6.45, 7) is 2.07. The van der Waals surface area contributed by atoms with Gasteiger partial charge in [0.25, 0.3) is 0 Å². The van der Waals surface area contributed by atoms with Gasteiger partial charge >= 0.3 is 0 Å². The van der Waals surface area contributed by atoms with Crippen molar-refractivity contribution in [3.8, 4) is 0 Å². The highest BCUT2D eigenvalue weighted by Gasteiger charge is 2.08. The zero-order valence-corrected chi connectivity index (χ0v) is 11.0. The van der Waals surface area contributed by atoms with Gasteiger partial charge in [-0.05, 0) is 24.6 Å². The van der Waals surface area contributed by atoms with Gasteiger partial charge in [0.2, 0.25) is 0 Å². The van der Waals surface area contributed by atoms with Gasteiger partial charge in [0.15, 0.2) is 11.4 Å². The van der Waals surface area contributed by atoms with Crippen LogP contribution in [0.5, 0.6) is 0 Å². The summed E-state index contributed by atoms with van der Waals surface area (Å²) in [7, 11) is 3.27. The summed E-state index contributed by atoms with van der Waals surface area (Å²) in [5, 5.41) is 0.893. The second-order valence-electron chi connectivity index (χ2n) is 3.77. The molecule has 1 heterocycles. The molecule has 2 aromatic rings. The average Bonchev–Trinajstić information content (AvgIpc) is 2.72. The van der Waals surface area contributed by atoms with E-state index in [2.05, 4.69) is 29.0 Å². The van der Waals surface area contributed by atoms with E-state index < -0.39 is 0 Å². The predicted molar refractivity (Wildman–Crippen MR) is 69.4 cm³/mol. The summed E-state index contributed by atoms with van der Waals surface area (Å²) in [6.07, 6.45) is -0.199. The minimum Gasteiger partial charge on any atom is -0.355 e. The molecule has 0 aliphatic rings. The number of imidazole rings is 1. The zero-order valence-electron chi connectivity index (χ0n) is 10.2. The quantitative estimate of drug-likeness (QED) is 0.656. The average molecular weight is 252 g/mol. The Labute approximate surface area is 105 Å². The van der Waals surface area contributed by atoms with E-state index >= 15 is 0 Å². The van der Waals surface area contributed by atoms with Gasteiger partial charge in [-0.2, -0.15) is 0 Å². The number of aromatic nitrogens is 2.